The Hall–Kier alpha value is -1.52. The molecule has 0 atom stereocenters. The molecule has 5 heteroatoms. The zero-order valence-electron chi connectivity index (χ0n) is 4.50. The minimum Gasteiger partial charge on any atom is -0.351 e. The molecule has 1 aromatic heterocycles. The van der Waals surface area contributed by atoms with E-state index in [0.29, 0.717) is 0 Å². The van der Waals surface area contributed by atoms with Gasteiger partial charge in [0, 0.05) is 12.4 Å². The first-order valence-corrected chi connectivity index (χ1v) is 2.27. The monoisotopic (exact) mass is 127 g/mol. The largest absolute Gasteiger partial charge is 0.351 e. The van der Waals surface area contributed by atoms with Gasteiger partial charge in [-0.1, -0.05) is 0 Å². The molecule has 0 aliphatic heterocycles. The van der Waals surface area contributed by atoms with Crippen molar-refractivity contribution in [3.8, 4) is 0 Å². The molecule has 48 valence electrons. The lowest BCUT2D eigenvalue weighted by Gasteiger charge is -1.86. The molecule has 0 spiro atoms. The minimum atomic E-state index is -0.777. The highest BCUT2D eigenvalue weighted by atomic mass is 16.2. The zero-order chi connectivity index (χ0) is 6.85. The molecule has 3 N–H and O–H groups in total. The predicted molar refractivity (Wildman–Crippen MR) is 30.0 cm³/mol. The molecule has 1 amide bonds. The summed E-state index contributed by atoms with van der Waals surface area (Å²) in [5, 5.41) is 0. The normalized spacial score (nSPS) is 9.33. The first-order chi connectivity index (χ1) is 4.22. The molecule has 1 heterocycles. The summed E-state index contributed by atoms with van der Waals surface area (Å²) in [5.41, 5.74) is 4.25. The Morgan fingerprint density at radius 3 is 2.67 bits per heavy atom. The Bertz CT molecular complexity index is 271. The fraction of sp³-hybridized carbons (Fsp3) is 0. The maximum absolute atomic E-state index is 10.5. The number of rotatable bonds is 0. The summed E-state index contributed by atoms with van der Waals surface area (Å²) in [6.07, 6.45) is 2.61. The number of H-pyrrole nitrogens is 1. The number of amides is 1. The quantitative estimate of drug-likeness (QED) is 0.473. The van der Waals surface area contributed by atoms with Crippen molar-refractivity contribution in [2.45, 2.75) is 0 Å². The van der Waals surface area contributed by atoms with Crippen LogP contribution in [0.2, 0.25) is 0 Å². The van der Waals surface area contributed by atoms with Crippen LogP contribution in [0, 0.1) is 0 Å². The Morgan fingerprint density at radius 2 is 2.44 bits per heavy atom. The number of imidazole rings is 1. The summed E-state index contributed by atoms with van der Waals surface area (Å²) < 4.78 is 0.778. The molecule has 9 heavy (non-hydrogen) atoms. The molecule has 0 radical (unpaired) electrons. The second-order valence-electron chi connectivity index (χ2n) is 1.47. The van der Waals surface area contributed by atoms with Crippen molar-refractivity contribution in [2.24, 2.45) is 5.73 Å². The number of nitrogens with zero attached hydrogens (tertiary/aromatic N) is 1. The van der Waals surface area contributed by atoms with Gasteiger partial charge in [0.05, 0.1) is 0 Å². The van der Waals surface area contributed by atoms with Crippen LogP contribution in [-0.4, -0.2) is 15.6 Å². The van der Waals surface area contributed by atoms with E-state index in [9.17, 15) is 9.59 Å². The first kappa shape index (κ1) is 5.61. The summed E-state index contributed by atoms with van der Waals surface area (Å²) in [6.45, 7) is 0. The van der Waals surface area contributed by atoms with Crippen molar-refractivity contribution in [3.63, 3.8) is 0 Å². The predicted octanol–water partition coefficient (Wildman–Crippen LogP) is -0.897. The van der Waals surface area contributed by atoms with E-state index < -0.39 is 11.7 Å². The van der Waals surface area contributed by atoms with Crippen LogP contribution in [0.5, 0.6) is 0 Å². The number of hydrogen-bond donors (Lipinski definition) is 2. The van der Waals surface area contributed by atoms with Gasteiger partial charge in [-0.2, -0.15) is 0 Å². The van der Waals surface area contributed by atoms with Gasteiger partial charge in [-0.05, 0) is 0 Å². The van der Waals surface area contributed by atoms with Crippen LogP contribution in [0.15, 0.2) is 17.2 Å². The van der Waals surface area contributed by atoms with E-state index in [4.69, 9.17) is 5.73 Å². The topological polar surface area (TPSA) is 80.9 Å². The van der Waals surface area contributed by atoms with Gasteiger partial charge in [0.25, 0.3) is 0 Å². The second kappa shape index (κ2) is 1.77. The Balaban J connectivity index is 3.24. The number of primary amides is 1. The number of nitrogens with one attached hydrogen (secondary N) is 1. The third-order valence-electron chi connectivity index (χ3n) is 0.887. The van der Waals surface area contributed by atoms with Crippen molar-refractivity contribution >= 4 is 6.03 Å². The van der Waals surface area contributed by atoms with Crippen molar-refractivity contribution < 1.29 is 4.79 Å². The highest BCUT2D eigenvalue weighted by Crippen LogP contribution is 1.72. The number of carbonyl (C=O) groups is 1. The molecule has 0 bridgehead atoms. The van der Waals surface area contributed by atoms with E-state index in [0.717, 1.165) is 4.57 Å². The first-order valence-electron chi connectivity index (χ1n) is 2.27. The molecule has 1 aromatic rings. The van der Waals surface area contributed by atoms with Crippen molar-refractivity contribution in [2.75, 3.05) is 0 Å². The third kappa shape index (κ3) is 0.835. The van der Waals surface area contributed by atoms with Gasteiger partial charge in [-0.25, -0.2) is 14.2 Å². The standard InChI is InChI=1S/C4H5N3O2/c5-3(8)7-2-1-6-4(7)9/h1-2H,(H2,5,8)(H,6,9). The summed E-state index contributed by atoms with van der Waals surface area (Å²) in [6, 6.07) is -0.777. The van der Waals surface area contributed by atoms with Gasteiger partial charge in [0.2, 0.25) is 0 Å². The Kier molecular flexibility index (Phi) is 1.11. The van der Waals surface area contributed by atoms with Crippen LogP contribution in [0.25, 0.3) is 0 Å². The lowest BCUT2D eigenvalue weighted by Crippen LogP contribution is -2.28. The zero-order valence-corrected chi connectivity index (χ0v) is 4.50. The fourth-order valence-corrected chi connectivity index (χ4v) is 0.494. The average Bonchev–Trinajstić information content (AvgIpc) is 2.13. The van der Waals surface area contributed by atoms with Crippen LogP contribution in [0.4, 0.5) is 4.79 Å². The molecule has 0 saturated carbocycles. The number of nitrogens with two attached hydrogens (primary N) is 1. The molecule has 0 aromatic carbocycles. The molecular formula is C4H5N3O2. The Labute approximate surface area is 50.1 Å². The van der Waals surface area contributed by atoms with E-state index in [2.05, 4.69) is 4.98 Å². The fourth-order valence-electron chi connectivity index (χ4n) is 0.494. The number of aromatic amines is 1. The smallest absolute Gasteiger partial charge is 0.333 e. The van der Waals surface area contributed by atoms with Crippen LogP contribution in [-0.2, 0) is 0 Å². The third-order valence-corrected chi connectivity index (χ3v) is 0.887. The lowest BCUT2D eigenvalue weighted by molar-refractivity contribution is 0.249. The van der Waals surface area contributed by atoms with Crippen LogP contribution in [0.3, 0.4) is 0 Å². The molecule has 0 saturated heterocycles. The van der Waals surface area contributed by atoms with Gasteiger partial charge in [-0.15, -0.1) is 0 Å². The van der Waals surface area contributed by atoms with Gasteiger partial charge in [0.15, 0.2) is 0 Å². The molecule has 0 fully saturated rings. The Morgan fingerprint density at radius 1 is 1.78 bits per heavy atom. The molecule has 1 rings (SSSR count). The van der Waals surface area contributed by atoms with Crippen LogP contribution >= 0.6 is 0 Å². The van der Waals surface area contributed by atoms with Crippen molar-refractivity contribution in [3.05, 3.63) is 22.9 Å². The molecule has 5 nitrogen and oxygen atoms in total. The van der Waals surface area contributed by atoms with Gasteiger partial charge >= 0.3 is 11.7 Å². The average molecular weight is 127 g/mol. The van der Waals surface area contributed by atoms with E-state index in [1.807, 2.05) is 0 Å². The molecular weight excluding hydrogens is 122 g/mol. The van der Waals surface area contributed by atoms with E-state index in [1.54, 1.807) is 0 Å². The molecule has 0 aliphatic carbocycles. The van der Waals surface area contributed by atoms with Crippen LogP contribution < -0.4 is 11.4 Å². The van der Waals surface area contributed by atoms with Crippen molar-refractivity contribution in [1.82, 2.24) is 9.55 Å². The highest BCUT2D eigenvalue weighted by molar-refractivity contribution is 5.74. The van der Waals surface area contributed by atoms with Crippen molar-refractivity contribution in [1.29, 1.82) is 0 Å². The number of aromatic nitrogens is 2. The van der Waals surface area contributed by atoms with E-state index >= 15 is 0 Å². The van der Waals surface area contributed by atoms with Gasteiger partial charge in [0.1, 0.15) is 0 Å². The number of carbonyl (C=O) groups excluding carboxylic acids is 1. The molecule has 0 aliphatic rings. The van der Waals surface area contributed by atoms with E-state index in [-0.39, 0.29) is 0 Å². The summed E-state index contributed by atoms with van der Waals surface area (Å²) >= 11 is 0. The van der Waals surface area contributed by atoms with E-state index in [1.165, 1.54) is 12.4 Å². The molecule has 0 unspecified atom stereocenters. The van der Waals surface area contributed by atoms with Gasteiger partial charge in [-0.3, -0.25) is 0 Å². The second-order valence-corrected chi connectivity index (χ2v) is 1.47. The highest BCUT2D eigenvalue weighted by Gasteiger charge is 1.98. The SMILES string of the molecule is NC(=O)n1cc[nH]c1=O. The maximum Gasteiger partial charge on any atom is 0.333 e. The summed E-state index contributed by atoms with van der Waals surface area (Å²) in [5.74, 6) is 0. The minimum absolute atomic E-state index is 0.512. The number of hydrogen-bond acceptors (Lipinski definition) is 2. The summed E-state index contributed by atoms with van der Waals surface area (Å²) in [4.78, 5) is 23.0. The lowest BCUT2D eigenvalue weighted by atomic mass is 10.9. The maximum atomic E-state index is 10.5. The summed E-state index contributed by atoms with van der Waals surface area (Å²) in [7, 11) is 0. The van der Waals surface area contributed by atoms with Crippen LogP contribution in [0.1, 0.15) is 0 Å². The van der Waals surface area contributed by atoms with Gasteiger partial charge < -0.3 is 10.7 Å².